The number of amides is 2. The van der Waals surface area contributed by atoms with Gasteiger partial charge in [-0.2, -0.15) is 0 Å². The zero-order chi connectivity index (χ0) is 18.2. The van der Waals surface area contributed by atoms with Gasteiger partial charge in [-0.3, -0.25) is 0 Å². The maximum atomic E-state index is 12.1. The van der Waals surface area contributed by atoms with Gasteiger partial charge in [-0.1, -0.05) is 19.8 Å². The highest BCUT2D eigenvalue weighted by molar-refractivity contribution is 5.90. The number of nitrogens with one attached hydrogen (secondary N) is 2. The van der Waals surface area contributed by atoms with Crippen molar-refractivity contribution in [3.05, 3.63) is 17.7 Å². The van der Waals surface area contributed by atoms with Crippen LogP contribution in [0.1, 0.15) is 38.2 Å². The molecule has 25 heavy (non-hydrogen) atoms. The van der Waals surface area contributed by atoms with Crippen LogP contribution in [-0.4, -0.2) is 39.5 Å². The normalized spacial score (nSPS) is 20.0. The highest BCUT2D eigenvalue weighted by Crippen LogP contribution is 2.32. The first-order valence-electron chi connectivity index (χ1n) is 8.94. The summed E-state index contributed by atoms with van der Waals surface area (Å²) in [6.07, 6.45) is 5.22. The van der Waals surface area contributed by atoms with Crippen LogP contribution in [0.4, 0.5) is 10.5 Å². The number of anilines is 1. The molecule has 2 atom stereocenters. The number of urea groups is 1. The lowest BCUT2D eigenvalue weighted by atomic mass is 9.88. The summed E-state index contributed by atoms with van der Waals surface area (Å²) in [5.41, 5.74) is 1.59. The molecular weight excluding hydrogens is 320 g/mol. The van der Waals surface area contributed by atoms with Gasteiger partial charge in [0.25, 0.3) is 0 Å². The van der Waals surface area contributed by atoms with Gasteiger partial charge in [0.1, 0.15) is 0 Å². The van der Waals surface area contributed by atoms with Crippen LogP contribution in [0.3, 0.4) is 0 Å². The lowest BCUT2D eigenvalue weighted by Crippen LogP contribution is -2.34. The van der Waals surface area contributed by atoms with E-state index in [1.807, 2.05) is 13.0 Å². The zero-order valence-electron chi connectivity index (χ0n) is 15.7. The van der Waals surface area contributed by atoms with Gasteiger partial charge in [0.05, 0.1) is 26.9 Å². The molecule has 1 saturated carbocycles. The maximum absolute atomic E-state index is 12.1. The van der Waals surface area contributed by atoms with Crippen molar-refractivity contribution in [2.75, 3.05) is 32.7 Å². The van der Waals surface area contributed by atoms with Crippen LogP contribution in [-0.2, 0) is 4.74 Å². The van der Waals surface area contributed by atoms with Gasteiger partial charge in [0, 0.05) is 18.3 Å². The van der Waals surface area contributed by atoms with Gasteiger partial charge >= 0.3 is 6.03 Å². The van der Waals surface area contributed by atoms with Gasteiger partial charge in [-0.15, -0.1) is 0 Å². The molecule has 2 rings (SSSR count). The molecule has 0 spiro atoms. The summed E-state index contributed by atoms with van der Waals surface area (Å²) in [7, 11) is 3.16. The molecule has 2 amide bonds. The second-order valence-electron chi connectivity index (χ2n) is 6.57. The molecule has 0 radical (unpaired) electrons. The minimum absolute atomic E-state index is 0.254. The standard InChI is InChI=1S/C19H30N2O4/c1-13-7-5-6-8-16(13)25-10-9-20-19(22)21-15-12-18(24-4)17(23-3)11-14(15)2/h11-13,16H,5-10H2,1-4H3,(H2,20,21,22)/t13-,16-/m0/s1. The third kappa shape index (κ3) is 5.53. The van der Waals surface area contributed by atoms with E-state index in [1.54, 1.807) is 20.3 Å². The van der Waals surface area contributed by atoms with E-state index in [0.717, 1.165) is 12.0 Å². The SMILES string of the molecule is COc1cc(C)c(NC(=O)NCCO[C@H]2CCCC[C@@H]2C)cc1OC. The van der Waals surface area contributed by atoms with E-state index >= 15 is 0 Å². The Morgan fingerprint density at radius 1 is 1.16 bits per heavy atom. The molecule has 0 aromatic heterocycles. The van der Waals surface area contributed by atoms with Crippen molar-refractivity contribution in [3.8, 4) is 11.5 Å². The van der Waals surface area contributed by atoms with Crippen molar-refractivity contribution < 1.29 is 19.0 Å². The maximum Gasteiger partial charge on any atom is 0.319 e. The minimum Gasteiger partial charge on any atom is -0.493 e. The fourth-order valence-electron chi connectivity index (χ4n) is 3.19. The van der Waals surface area contributed by atoms with E-state index in [9.17, 15) is 4.79 Å². The second-order valence-corrected chi connectivity index (χ2v) is 6.57. The van der Waals surface area contributed by atoms with E-state index < -0.39 is 0 Å². The van der Waals surface area contributed by atoms with Crippen LogP contribution >= 0.6 is 0 Å². The summed E-state index contributed by atoms with van der Waals surface area (Å²) in [6, 6.07) is 3.34. The number of methoxy groups -OCH3 is 2. The average molecular weight is 350 g/mol. The monoisotopic (exact) mass is 350 g/mol. The van der Waals surface area contributed by atoms with E-state index in [2.05, 4.69) is 17.6 Å². The van der Waals surface area contributed by atoms with E-state index in [-0.39, 0.29) is 6.03 Å². The summed E-state index contributed by atoms with van der Waals surface area (Å²) < 4.78 is 16.4. The number of rotatable bonds is 7. The number of ether oxygens (including phenoxy) is 3. The molecule has 0 unspecified atom stereocenters. The van der Waals surface area contributed by atoms with Gasteiger partial charge in [0.15, 0.2) is 11.5 Å². The Kier molecular flexibility index (Phi) is 7.37. The summed E-state index contributed by atoms with van der Waals surface area (Å²) >= 11 is 0. The van der Waals surface area contributed by atoms with Crippen molar-refractivity contribution in [3.63, 3.8) is 0 Å². The molecule has 6 nitrogen and oxygen atoms in total. The third-order valence-corrected chi connectivity index (χ3v) is 4.73. The fraction of sp³-hybridized carbons (Fsp3) is 0.632. The van der Waals surface area contributed by atoms with Crippen molar-refractivity contribution in [1.29, 1.82) is 0 Å². The number of carbonyl (C=O) groups is 1. The Bertz CT molecular complexity index is 577. The van der Waals surface area contributed by atoms with Crippen molar-refractivity contribution in [2.45, 2.75) is 45.6 Å². The Hall–Kier alpha value is -1.95. The summed E-state index contributed by atoms with van der Waals surface area (Å²) in [4.78, 5) is 12.1. The Morgan fingerprint density at radius 2 is 1.84 bits per heavy atom. The van der Waals surface area contributed by atoms with Gasteiger partial charge in [0.2, 0.25) is 0 Å². The number of carbonyl (C=O) groups excluding carboxylic acids is 1. The molecule has 6 heteroatoms. The Balaban J connectivity index is 1.78. The first kappa shape index (κ1) is 19.4. The van der Waals surface area contributed by atoms with Crippen molar-refractivity contribution >= 4 is 11.7 Å². The average Bonchev–Trinajstić information content (AvgIpc) is 2.61. The topological polar surface area (TPSA) is 68.8 Å². The lowest BCUT2D eigenvalue weighted by molar-refractivity contribution is -0.00232. The van der Waals surface area contributed by atoms with E-state index in [1.165, 1.54) is 19.3 Å². The Labute approximate surface area is 150 Å². The number of hydrogen-bond acceptors (Lipinski definition) is 4. The summed E-state index contributed by atoms with van der Waals surface area (Å²) in [5, 5.41) is 5.67. The largest absolute Gasteiger partial charge is 0.493 e. The predicted octanol–water partition coefficient (Wildman–Crippen LogP) is 3.73. The van der Waals surface area contributed by atoms with Crippen LogP contribution in [0.2, 0.25) is 0 Å². The molecule has 140 valence electrons. The Morgan fingerprint density at radius 3 is 2.52 bits per heavy atom. The highest BCUT2D eigenvalue weighted by Gasteiger charge is 2.21. The van der Waals surface area contributed by atoms with Crippen molar-refractivity contribution in [2.24, 2.45) is 5.92 Å². The zero-order valence-corrected chi connectivity index (χ0v) is 15.7. The van der Waals surface area contributed by atoms with E-state index in [4.69, 9.17) is 14.2 Å². The van der Waals surface area contributed by atoms with Crippen LogP contribution in [0.15, 0.2) is 12.1 Å². The number of aryl methyl sites for hydroxylation is 1. The predicted molar refractivity (Wildman–Crippen MR) is 98.7 cm³/mol. The number of benzene rings is 1. The fourth-order valence-corrected chi connectivity index (χ4v) is 3.19. The minimum atomic E-state index is -0.254. The van der Waals surface area contributed by atoms with E-state index in [0.29, 0.717) is 42.4 Å². The summed E-state index contributed by atoms with van der Waals surface area (Å²) in [6.45, 7) is 5.17. The molecule has 0 bridgehead atoms. The molecular formula is C19H30N2O4. The summed E-state index contributed by atoms with van der Waals surface area (Å²) in [5.74, 6) is 1.83. The van der Waals surface area contributed by atoms with Crippen LogP contribution in [0.5, 0.6) is 11.5 Å². The molecule has 1 aliphatic rings. The van der Waals surface area contributed by atoms with Crippen LogP contribution in [0, 0.1) is 12.8 Å². The lowest BCUT2D eigenvalue weighted by Gasteiger charge is -2.28. The molecule has 1 aliphatic carbocycles. The van der Waals surface area contributed by atoms with Crippen LogP contribution < -0.4 is 20.1 Å². The number of hydrogen-bond donors (Lipinski definition) is 2. The molecule has 1 aromatic carbocycles. The first-order valence-corrected chi connectivity index (χ1v) is 8.94. The third-order valence-electron chi connectivity index (χ3n) is 4.73. The van der Waals surface area contributed by atoms with Gasteiger partial charge in [-0.05, 0) is 37.3 Å². The van der Waals surface area contributed by atoms with Gasteiger partial charge < -0.3 is 24.8 Å². The molecule has 0 saturated heterocycles. The van der Waals surface area contributed by atoms with Crippen molar-refractivity contribution in [1.82, 2.24) is 5.32 Å². The van der Waals surface area contributed by atoms with Gasteiger partial charge in [-0.25, -0.2) is 4.79 Å². The first-order chi connectivity index (χ1) is 12.0. The smallest absolute Gasteiger partial charge is 0.319 e. The van der Waals surface area contributed by atoms with Crippen LogP contribution in [0.25, 0.3) is 0 Å². The second kappa shape index (κ2) is 9.51. The molecule has 1 fully saturated rings. The quantitative estimate of drug-likeness (QED) is 0.735. The molecule has 0 heterocycles. The highest BCUT2D eigenvalue weighted by atomic mass is 16.5. The molecule has 2 N–H and O–H groups in total. The molecule has 0 aliphatic heterocycles. The molecule has 1 aromatic rings.